The van der Waals surface area contributed by atoms with E-state index in [1.807, 2.05) is 40.2 Å². The number of methoxy groups -OCH3 is 1. The van der Waals surface area contributed by atoms with E-state index in [2.05, 4.69) is 10.3 Å². The summed E-state index contributed by atoms with van der Waals surface area (Å²) in [6.45, 7) is 0. The highest BCUT2D eigenvalue weighted by Crippen LogP contribution is 2.26. The average Bonchev–Trinajstić information content (AvgIpc) is 3.30. The van der Waals surface area contributed by atoms with E-state index in [0.717, 1.165) is 27.7 Å². The van der Waals surface area contributed by atoms with Gasteiger partial charge in [0.15, 0.2) is 4.96 Å². The van der Waals surface area contributed by atoms with Crippen LogP contribution in [-0.4, -0.2) is 27.3 Å². The van der Waals surface area contributed by atoms with Crippen LogP contribution in [0.3, 0.4) is 0 Å². The van der Waals surface area contributed by atoms with E-state index in [4.69, 9.17) is 4.74 Å². The molecule has 1 N–H and O–H groups in total. The molecule has 1 amide bonds. The Hall–Kier alpha value is -3.72. The smallest absolute Gasteiger partial charge is 0.271 e. The molecule has 0 unspecified atom stereocenters. The van der Waals surface area contributed by atoms with Crippen molar-refractivity contribution in [1.29, 1.82) is 0 Å². The van der Waals surface area contributed by atoms with Crippen molar-refractivity contribution in [2.75, 3.05) is 12.4 Å². The van der Waals surface area contributed by atoms with Gasteiger partial charge in [0, 0.05) is 40.7 Å². The number of nitrogens with zero attached hydrogens (tertiary/aromatic N) is 3. The lowest BCUT2D eigenvalue weighted by Crippen LogP contribution is -2.15. The molecule has 2 heterocycles. The number of amides is 1. The highest BCUT2D eigenvalue weighted by molar-refractivity contribution is 7.15. The highest BCUT2D eigenvalue weighted by Gasteiger charge is 2.14. The minimum atomic E-state index is -0.496. The molecule has 4 aromatic rings. The summed E-state index contributed by atoms with van der Waals surface area (Å²) in [5, 5.41) is 15.5. The first kappa shape index (κ1) is 18.6. The van der Waals surface area contributed by atoms with E-state index in [0.29, 0.717) is 5.69 Å². The zero-order valence-electron chi connectivity index (χ0n) is 15.4. The van der Waals surface area contributed by atoms with Gasteiger partial charge in [-0.1, -0.05) is 6.07 Å². The van der Waals surface area contributed by atoms with E-state index < -0.39 is 4.92 Å². The second kappa shape index (κ2) is 7.72. The third kappa shape index (κ3) is 3.94. The topological polar surface area (TPSA) is 98.8 Å². The van der Waals surface area contributed by atoms with E-state index in [1.54, 1.807) is 13.2 Å². The number of anilines is 1. The molecule has 29 heavy (non-hydrogen) atoms. The van der Waals surface area contributed by atoms with Gasteiger partial charge in [-0.2, -0.15) is 0 Å². The van der Waals surface area contributed by atoms with Crippen LogP contribution in [0.5, 0.6) is 5.75 Å². The number of carbonyl (C=O) groups is 1. The Balaban J connectivity index is 1.52. The van der Waals surface area contributed by atoms with Crippen LogP contribution in [0.2, 0.25) is 0 Å². The number of fused-ring (bicyclic) bond motifs is 1. The molecular weight excluding hydrogens is 392 g/mol. The molecule has 0 bridgehead atoms. The third-order valence-electron chi connectivity index (χ3n) is 4.35. The molecule has 0 fully saturated rings. The maximum Gasteiger partial charge on any atom is 0.271 e. The molecule has 2 aromatic heterocycles. The first-order valence-electron chi connectivity index (χ1n) is 8.67. The molecule has 9 heteroatoms. The first-order valence-corrected chi connectivity index (χ1v) is 9.55. The van der Waals surface area contributed by atoms with Crippen LogP contribution in [0.4, 0.5) is 11.4 Å². The molecule has 146 valence electrons. The first-order chi connectivity index (χ1) is 14.0. The molecular formula is C20H16N4O4S. The number of non-ortho nitro benzene ring substituents is 1. The van der Waals surface area contributed by atoms with Crippen LogP contribution < -0.4 is 10.1 Å². The summed E-state index contributed by atoms with van der Waals surface area (Å²) in [4.78, 5) is 28.2. The standard InChI is InChI=1S/C20H16N4O4S/c1-28-17-7-5-13(6-8-17)18-11-23-16(12-29-20(23)22-18)10-19(25)21-14-3-2-4-15(9-14)24(26)27/h2-9,11-12H,10H2,1H3,(H,21,25). The van der Waals surface area contributed by atoms with Crippen LogP contribution in [0.1, 0.15) is 5.69 Å². The SMILES string of the molecule is COc1ccc(-c2cn3c(CC(=O)Nc4cccc([N+](=O)[O-])c4)csc3n2)cc1. The highest BCUT2D eigenvalue weighted by atomic mass is 32.1. The summed E-state index contributed by atoms with van der Waals surface area (Å²) in [6, 6.07) is 13.5. The third-order valence-corrected chi connectivity index (χ3v) is 5.24. The van der Waals surface area contributed by atoms with Crippen molar-refractivity contribution < 1.29 is 14.5 Å². The summed E-state index contributed by atoms with van der Waals surface area (Å²) in [5.41, 5.74) is 2.87. The van der Waals surface area contributed by atoms with E-state index >= 15 is 0 Å². The van der Waals surface area contributed by atoms with Gasteiger partial charge in [0.25, 0.3) is 5.69 Å². The van der Waals surface area contributed by atoms with E-state index in [-0.39, 0.29) is 18.0 Å². The van der Waals surface area contributed by atoms with Crippen molar-refractivity contribution >= 4 is 33.6 Å². The number of thiazole rings is 1. The Morgan fingerprint density at radius 3 is 2.79 bits per heavy atom. The molecule has 0 saturated carbocycles. The molecule has 0 aliphatic carbocycles. The molecule has 0 atom stereocenters. The Morgan fingerprint density at radius 1 is 1.28 bits per heavy atom. The lowest BCUT2D eigenvalue weighted by Gasteiger charge is -2.04. The summed E-state index contributed by atoms with van der Waals surface area (Å²) in [6.07, 6.45) is 2.02. The van der Waals surface area contributed by atoms with E-state index in [9.17, 15) is 14.9 Å². The van der Waals surface area contributed by atoms with Gasteiger partial charge in [-0.15, -0.1) is 11.3 Å². The Bertz CT molecular complexity index is 1200. The summed E-state index contributed by atoms with van der Waals surface area (Å²) in [7, 11) is 1.62. The minimum Gasteiger partial charge on any atom is -0.497 e. The fraction of sp³-hybridized carbons (Fsp3) is 0.100. The molecule has 0 radical (unpaired) electrons. The number of ether oxygens (including phenoxy) is 1. The van der Waals surface area contributed by atoms with Gasteiger partial charge in [-0.3, -0.25) is 19.3 Å². The van der Waals surface area contributed by atoms with Gasteiger partial charge >= 0.3 is 0 Å². The van der Waals surface area contributed by atoms with Crippen LogP contribution in [-0.2, 0) is 11.2 Å². The van der Waals surface area contributed by atoms with Crippen molar-refractivity contribution in [2.45, 2.75) is 6.42 Å². The van der Waals surface area contributed by atoms with Gasteiger partial charge in [0.2, 0.25) is 5.91 Å². The molecule has 0 aliphatic heterocycles. The van der Waals surface area contributed by atoms with Crippen LogP contribution in [0.25, 0.3) is 16.2 Å². The van der Waals surface area contributed by atoms with Crippen LogP contribution in [0, 0.1) is 10.1 Å². The second-order valence-electron chi connectivity index (χ2n) is 6.27. The number of nitro benzene ring substituents is 1. The van der Waals surface area contributed by atoms with Crippen molar-refractivity contribution in [3.8, 4) is 17.0 Å². The Labute approximate surface area is 169 Å². The monoisotopic (exact) mass is 408 g/mol. The van der Waals surface area contributed by atoms with Crippen molar-refractivity contribution in [2.24, 2.45) is 0 Å². The molecule has 0 saturated heterocycles. The van der Waals surface area contributed by atoms with Crippen molar-refractivity contribution in [1.82, 2.24) is 9.38 Å². The number of hydrogen-bond donors (Lipinski definition) is 1. The van der Waals surface area contributed by atoms with Gasteiger partial charge < -0.3 is 10.1 Å². The molecule has 8 nitrogen and oxygen atoms in total. The number of aromatic nitrogens is 2. The fourth-order valence-electron chi connectivity index (χ4n) is 2.92. The zero-order valence-corrected chi connectivity index (χ0v) is 16.2. The predicted molar refractivity (Wildman–Crippen MR) is 110 cm³/mol. The lowest BCUT2D eigenvalue weighted by atomic mass is 10.2. The molecule has 0 aliphatic rings. The Morgan fingerprint density at radius 2 is 2.07 bits per heavy atom. The lowest BCUT2D eigenvalue weighted by molar-refractivity contribution is -0.384. The predicted octanol–water partition coefficient (Wildman–Crippen LogP) is 4.16. The molecule has 0 spiro atoms. The minimum absolute atomic E-state index is 0.0699. The summed E-state index contributed by atoms with van der Waals surface area (Å²) >= 11 is 1.45. The quantitative estimate of drug-likeness (QED) is 0.381. The maximum atomic E-state index is 12.4. The number of nitrogens with one attached hydrogen (secondary N) is 1. The number of imidazole rings is 1. The van der Waals surface area contributed by atoms with Crippen LogP contribution in [0.15, 0.2) is 60.1 Å². The molecule has 2 aromatic carbocycles. The number of hydrogen-bond acceptors (Lipinski definition) is 6. The van der Waals surface area contributed by atoms with Crippen molar-refractivity contribution in [3.05, 3.63) is 75.9 Å². The Kier molecular flexibility index (Phi) is 4.96. The van der Waals surface area contributed by atoms with Crippen molar-refractivity contribution in [3.63, 3.8) is 0 Å². The molecule has 4 rings (SSSR count). The zero-order chi connectivity index (χ0) is 20.4. The number of benzene rings is 2. The largest absolute Gasteiger partial charge is 0.497 e. The number of nitro groups is 1. The van der Waals surface area contributed by atoms with E-state index in [1.165, 1.54) is 29.5 Å². The van der Waals surface area contributed by atoms with Gasteiger partial charge in [-0.25, -0.2) is 4.98 Å². The van der Waals surface area contributed by atoms with Gasteiger partial charge in [0.05, 0.1) is 24.1 Å². The number of rotatable bonds is 6. The average molecular weight is 408 g/mol. The fourth-order valence-corrected chi connectivity index (χ4v) is 3.80. The second-order valence-corrected chi connectivity index (χ2v) is 7.10. The normalized spacial score (nSPS) is 10.8. The van der Waals surface area contributed by atoms with Gasteiger partial charge in [0.1, 0.15) is 5.75 Å². The maximum absolute atomic E-state index is 12.4. The summed E-state index contributed by atoms with van der Waals surface area (Å²) < 4.78 is 7.06. The van der Waals surface area contributed by atoms with Crippen LogP contribution >= 0.6 is 11.3 Å². The number of carbonyl (C=O) groups excluding carboxylic acids is 1. The van der Waals surface area contributed by atoms with Gasteiger partial charge in [-0.05, 0) is 30.3 Å². The summed E-state index contributed by atoms with van der Waals surface area (Å²) in [5.74, 6) is 0.512.